The van der Waals surface area contributed by atoms with Crippen molar-refractivity contribution in [2.45, 2.75) is 402 Å². The summed E-state index contributed by atoms with van der Waals surface area (Å²) in [5.41, 5.74) is 0. The number of carbonyl (C=O) groups is 1. The number of amides is 1. The van der Waals surface area contributed by atoms with E-state index in [-0.39, 0.29) is 18.9 Å². The third-order valence-corrected chi connectivity index (χ3v) is 19.0. The number of hydrogen-bond donors (Lipinski definition) is 9. The van der Waals surface area contributed by atoms with Crippen molar-refractivity contribution in [2.75, 3.05) is 19.8 Å². The van der Waals surface area contributed by atoms with Crippen LogP contribution < -0.4 is 5.32 Å². The summed E-state index contributed by atoms with van der Waals surface area (Å²) < 4.78 is 22.9. The minimum atomic E-state index is -1.79. The molecule has 2 fully saturated rings. The van der Waals surface area contributed by atoms with Crippen LogP contribution in [0.15, 0.2) is 97.2 Å². The van der Waals surface area contributed by atoms with Gasteiger partial charge in [0.1, 0.15) is 48.8 Å². The zero-order chi connectivity index (χ0) is 70.1. The summed E-state index contributed by atoms with van der Waals surface area (Å²) >= 11 is 0. The van der Waals surface area contributed by atoms with Crippen LogP contribution in [0.2, 0.25) is 0 Å². The van der Waals surface area contributed by atoms with E-state index < -0.39 is 86.8 Å². The van der Waals surface area contributed by atoms with Crippen LogP contribution >= 0.6 is 0 Å². The van der Waals surface area contributed by atoms with Gasteiger partial charge in [0, 0.05) is 6.42 Å². The van der Waals surface area contributed by atoms with Gasteiger partial charge in [-0.1, -0.05) is 336 Å². The number of unbranched alkanes of at least 4 members (excludes halogenated alkanes) is 39. The van der Waals surface area contributed by atoms with Crippen molar-refractivity contribution in [1.29, 1.82) is 0 Å². The molecule has 2 rings (SSSR count). The molecule has 2 saturated heterocycles. The first-order chi connectivity index (χ1) is 47.6. The summed E-state index contributed by atoms with van der Waals surface area (Å²) in [5, 5.41) is 87.6. The van der Waals surface area contributed by atoms with Crippen molar-refractivity contribution in [2.24, 2.45) is 0 Å². The summed E-state index contributed by atoms with van der Waals surface area (Å²) in [6, 6.07) is -0.937. The molecular weight excluding hydrogens is 1220 g/mol. The van der Waals surface area contributed by atoms with Crippen LogP contribution in [0.25, 0.3) is 0 Å². The molecule has 9 N–H and O–H groups in total. The van der Waals surface area contributed by atoms with Gasteiger partial charge in [0.05, 0.1) is 32.0 Å². The minimum Gasteiger partial charge on any atom is -0.394 e. The van der Waals surface area contributed by atoms with Crippen molar-refractivity contribution in [3.8, 4) is 0 Å². The third kappa shape index (κ3) is 49.2. The van der Waals surface area contributed by atoms with E-state index in [1.807, 2.05) is 6.08 Å². The molecule has 0 spiro atoms. The second-order valence-electron chi connectivity index (χ2n) is 27.8. The van der Waals surface area contributed by atoms with E-state index in [2.05, 4.69) is 104 Å². The number of allylic oxidation sites excluding steroid dienone is 15. The first-order valence-electron chi connectivity index (χ1n) is 40.0. The summed E-state index contributed by atoms with van der Waals surface area (Å²) in [6.07, 6.45) is 77.7. The number of nitrogens with one attached hydrogen (secondary N) is 1. The van der Waals surface area contributed by atoms with Gasteiger partial charge in [-0.2, -0.15) is 0 Å². The van der Waals surface area contributed by atoms with E-state index in [4.69, 9.17) is 18.9 Å². The average molecular weight is 1370 g/mol. The lowest BCUT2D eigenvalue weighted by molar-refractivity contribution is -0.359. The fourth-order valence-corrected chi connectivity index (χ4v) is 12.7. The lowest BCUT2D eigenvalue weighted by Crippen LogP contribution is -2.65. The van der Waals surface area contributed by atoms with Crippen molar-refractivity contribution < 1.29 is 64.6 Å². The number of aliphatic hydroxyl groups excluding tert-OH is 8. The van der Waals surface area contributed by atoms with Gasteiger partial charge in [-0.05, 0) is 83.5 Å². The number of ether oxygens (including phenoxy) is 4. The summed E-state index contributed by atoms with van der Waals surface area (Å²) in [4.78, 5) is 13.4. The van der Waals surface area contributed by atoms with E-state index in [0.717, 1.165) is 70.6 Å². The highest BCUT2D eigenvalue weighted by Gasteiger charge is 2.51. The standard InChI is InChI=1S/C83H147NO13/c1-3-5-7-9-11-13-15-17-19-21-23-25-27-29-31-32-33-34-35-36-37-38-39-40-41-43-45-47-49-51-53-55-57-59-61-63-65-67-75(88)84-71(70-94-82-80(93)78(91)81(74(69-86)96-82)97-83-79(92)77(90)76(89)73(68-85)95-83)72(87)66-64-62-60-58-56-54-52-50-48-46-44-42-30-28-26-24-22-20-18-16-14-12-10-8-6-4-2/h5,7,11,13,17,19,23,25,29,31,33-34,56,58,64,66,71-74,76-83,85-87,89-93H,3-4,6,8-10,12,14-16,18,20-22,24,26-28,30,32,35-55,57,59-63,65,67-70H2,1-2H3,(H,84,88)/b7-5-,13-11-,19-17-,25-23-,31-29-,34-33-,58-56+,66-64+. The van der Waals surface area contributed by atoms with Crippen LogP contribution in [0.1, 0.15) is 328 Å². The van der Waals surface area contributed by atoms with E-state index in [1.54, 1.807) is 6.08 Å². The Morgan fingerprint density at radius 2 is 0.722 bits per heavy atom. The second kappa shape index (κ2) is 66.2. The smallest absolute Gasteiger partial charge is 0.220 e. The maximum absolute atomic E-state index is 13.4. The highest BCUT2D eigenvalue weighted by molar-refractivity contribution is 5.76. The van der Waals surface area contributed by atoms with Gasteiger partial charge in [-0.15, -0.1) is 0 Å². The second-order valence-corrected chi connectivity index (χ2v) is 27.8. The summed E-state index contributed by atoms with van der Waals surface area (Å²) in [6.45, 7) is 2.71. The molecule has 0 aromatic rings. The van der Waals surface area contributed by atoms with Crippen LogP contribution in [0.5, 0.6) is 0 Å². The van der Waals surface area contributed by atoms with E-state index in [0.29, 0.717) is 12.8 Å². The highest BCUT2D eigenvalue weighted by Crippen LogP contribution is 2.30. The van der Waals surface area contributed by atoms with E-state index in [9.17, 15) is 45.6 Å². The first-order valence-corrected chi connectivity index (χ1v) is 40.0. The molecule has 12 unspecified atom stereocenters. The molecule has 2 heterocycles. The number of rotatable bonds is 66. The van der Waals surface area contributed by atoms with Gasteiger partial charge in [0.2, 0.25) is 5.91 Å². The number of hydrogen-bond acceptors (Lipinski definition) is 13. The Labute approximate surface area is 592 Å². The monoisotopic (exact) mass is 1370 g/mol. The number of carbonyl (C=O) groups excluding carboxylic acids is 1. The molecule has 14 heteroatoms. The Morgan fingerprint density at radius 3 is 1.13 bits per heavy atom. The quantitative estimate of drug-likeness (QED) is 0.0204. The summed E-state index contributed by atoms with van der Waals surface area (Å²) in [7, 11) is 0. The molecule has 0 aromatic carbocycles. The predicted octanol–water partition coefficient (Wildman–Crippen LogP) is 18.1. The lowest BCUT2D eigenvalue weighted by atomic mass is 9.97. The zero-order valence-corrected chi connectivity index (χ0v) is 61.6. The minimum absolute atomic E-state index is 0.246. The first kappa shape index (κ1) is 90.0. The van der Waals surface area contributed by atoms with Gasteiger partial charge in [-0.25, -0.2) is 0 Å². The fraction of sp³-hybridized carbons (Fsp3) is 0.795. The molecule has 562 valence electrons. The Kier molecular flexibility index (Phi) is 61.4. The Bertz CT molecular complexity index is 2000. The normalized spacial score (nSPS) is 22.7. The van der Waals surface area contributed by atoms with Crippen LogP contribution in [-0.4, -0.2) is 140 Å². The van der Waals surface area contributed by atoms with Crippen molar-refractivity contribution in [3.63, 3.8) is 0 Å². The molecule has 0 aromatic heterocycles. The average Bonchev–Trinajstić information content (AvgIpc) is 0.794. The van der Waals surface area contributed by atoms with Gasteiger partial charge >= 0.3 is 0 Å². The molecule has 2 aliphatic heterocycles. The maximum Gasteiger partial charge on any atom is 0.220 e. The number of aliphatic hydroxyl groups is 8. The van der Waals surface area contributed by atoms with Gasteiger partial charge in [0.25, 0.3) is 0 Å². The Hall–Kier alpha value is -3.09. The van der Waals surface area contributed by atoms with Crippen LogP contribution in [0.4, 0.5) is 0 Å². The Balaban J connectivity index is 1.62. The Morgan fingerprint density at radius 1 is 0.381 bits per heavy atom. The fourth-order valence-electron chi connectivity index (χ4n) is 12.7. The van der Waals surface area contributed by atoms with Crippen molar-refractivity contribution >= 4 is 5.91 Å². The van der Waals surface area contributed by atoms with Gasteiger partial charge in [-0.3, -0.25) is 4.79 Å². The zero-order valence-electron chi connectivity index (χ0n) is 61.6. The molecule has 0 saturated carbocycles. The van der Waals surface area contributed by atoms with Crippen molar-refractivity contribution in [1.82, 2.24) is 5.32 Å². The van der Waals surface area contributed by atoms with E-state index in [1.165, 1.54) is 225 Å². The highest BCUT2D eigenvalue weighted by atomic mass is 16.7. The van der Waals surface area contributed by atoms with Crippen molar-refractivity contribution in [3.05, 3.63) is 97.2 Å². The maximum atomic E-state index is 13.4. The molecule has 0 aliphatic carbocycles. The molecule has 12 atom stereocenters. The largest absolute Gasteiger partial charge is 0.394 e. The van der Waals surface area contributed by atoms with E-state index >= 15 is 0 Å². The third-order valence-electron chi connectivity index (χ3n) is 19.0. The molecule has 0 radical (unpaired) electrons. The molecule has 0 bridgehead atoms. The molecule has 1 amide bonds. The van der Waals surface area contributed by atoms with Gasteiger partial charge in [0.15, 0.2) is 12.6 Å². The van der Waals surface area contributed by atoms with Crippen LogP contribution in [0.3, 0.4) is 0 Å². The lowest BCUT2D eigenvalue weighted by Gasteiger charge is -2.46. The van der Waals surface area contributed by atoms with Crippen LogP contribution in [0, 0.1) is 0 Å². The topological polar surface area (TPSA) is 228 Å². The molecule has 2 aliphatic rings. The molecule has 14 nitrogen and oxygen atoms in total. The predicted molar refractivity (Wildman–Crippen MR) is 401 cm³/mol. The summed E-state index contributed by atoms with van der Waals surface area (Å²) in [5.74, 6) is -0.246. The van der Waals surface area contributed by atoms with Gasteiger partial charge < -0.3 is 65.1 Å². The van der Waals surface area contributed by atoms with Crippen LogP contribution in [-0.2, 0) is 23.7 Å². The SMILES string of the molecule is CC/C=C\C/C=C\C/C=C\C/C=C\C/C=C\C/C=C\CCCCCCCCCCCCCCCCCCCCC(=O)NC(COC1OC(CO)C(OC2OC(CO)C(O)C(O)C2O)C(O)C1O)C(O)/C=C/CC/C=C/CCCCCCCCCCCCCCCCCCCCCC. The molecule has 97 heavy (non-hydrogen) atoms. The molecular formula is C83H147NO13.